The van der Waals surface area contributed by atoms with Gasteiger partial charge in [-0.25, -0.2) is 0 Å². The lowest BCUT2D eigenvalue weighted by atomic mass is 9.78. The van der Waals surface area contributed by atoms with Crippen LogP contribution in [-0.2, 0) is 0 Å². The summed E-state index contributed by atoms with van der Waals surface area (Å²) in [6.07, 6.45) is 9.80. The number of likely N-dealkylation sites (tertiary alicyclic amines) is 1. The Morgan fingerprint density at radius 2 is 1.45 bits per heavy atom. The van der Waals surface area contributed by atoms with Gasteiger partial charge in [-0.3, -0.25) is 0 Å². The van der Waals surface area contributed by atoms with Crippen LogP contribution in [0.25, 0.3) is 0 Å². The zero-order chi connectivity index (χ0) is 14.5. The summed E-state index contributed by atoms with van der Waals surface area (Å²) >= 11 is 0. The zero-order valence-corrected chi connectivity index (χ0v) is 14.2. The van der Waals surface area contributed by atoms with Crippen LogP contribution in [0.2, 0.25) is 0 Å². The maximum atomic E-state index is 3.97. The molecule has 0 spiro atoms. The first kappa shape index (κ1) is 16.3. The van der Waals surface area contributed by atoms with Crippen molar-refractivity contribution in [1.29, 1.82) is 0 Å². The van der Waals surface area contributed by atoms with Gasteiger partial charge in [-0.05, 0) is 77.3 Å². The van der Waals surface area contributed by atoms with E-state index in [1.165, 1.54) is 58.0 Å². The lowest BCUT2D eigenvalue weighted by Gasteiger charge is -2.39. The normalized spacial score (nSPS) is 31.6. The first-order chi connectivity index (χ1) is 9.60. The summed E-state index contributed by atoms with van der Waals surface area (Å²) in [6.45, 7) is 12.0. The summed E-state index contributed by atoms with van der Waals surface area (Å²) in [5.74, 6) is 1.94. The number of rotatable bonds is 5. The average Bonchev–Trinajstić information content (AvgIpc) is 2.48. The highest BCUT2D eigenvalue weighted by molar-refractivity contribution is 4.85. The molecule has 2 nitrogen and oxygen atoms in total. The van der Waals surface area contributed by atoms with E-state index in [1.807, 2.05) is 0 Å². The van der Waals surface area contributed by atoms with Crippen LogP contribution in [0, 0.1) is 11.8 Å². The molecule has 2 aliphatic rings. The van der Waals surface area contributed by atoms with Gasteiger partial charge in [0.05, 0.1) is 0 Å². The second-order valence-electron chi connectivity index (χ2n) is 7.57. The summed E-state index contributed by atoms with van der Waals surface area (Å²) in [7, 11) is 0. The van der Waals surface area contributed by atoms with Crippen LogP contribution in [0.3, 0.4) is 0 Å². The number of nitrogens with zero attached hydrogens (tertiary/aromatic N) is 1. The highest BCUT2D eigenvalue weighted by atomic mass is 15.2. The summed E-state index contributed by atoms with van der Waals surface area (Å²) < 4.78 is 0. The molecule has 0 aromatic rings. The summed E-state index contributed by atoms with van der Waals surface area (Å²) in [5.41, 5.74) is 0. The smallest absolute Gasteiger partial charge is 0.00940 e. The van der Waals surface area contributed by atoms with Gasteiger partial charge in [-0.2, -0.15) is 0 Å². The molecule has 1 aliphatic heterocycles. The van der Waals surface area contributed by atoms with Crippen LogP contribution >= 0.6 is 0 Å². The minimum Gasteiger partial charge on any atom is -0.311 e. The predicted molar refractivity (Wildman–Crippen MR) is 88.1 cm³/mol. The van der Waals surface area contributed by atoms with Gasteiger partial charge in [-0.1, -0.05) is 20.3 Å². The molecule has 1 N–H and O–H groups in total. The molecule has 20 heavy (non-hydrogen) atoms. The van der Waals surface area contributed by atoms with Crippen molar-refractivity contribution in [3.8, 4) is 0 Å². The van der Waals surface area contributed by atoms with Crippen molar-refractivity contribution in [1.82, 2.24) is 10.2 Å². The van der Waals surface area contributed by atoms with Crippen molar-refractivity contribution < 1.29 is 0 Å². The number of nitrogens with one attached hydrogen (secondary N) is 1. The highest BCUT2D eigenvalue weighted by Gasteiger charge is 2.27. The number of hydrogen-bond donors (Lipinski definition) is 1. The molecular weight excluding hydrogens is 244 g/mol. The zero-order valence-electron chi connectivity index (χ0n) is 14.2. The number of hydrogen-bond acceptors (Lipinski definition) is 2. The Morgan fingerprint density at radius 3 is 1.95 bits per heavy atom. The Labute approximate surface area is 126 Å². The lowest BCUT2D eigenvalue weighted by molar-refractivity contribution is 0.145. The fraction of sp³-hybridized carbons (Fsp3) is 1.00. The first-order valence-corrected chi connectivity index (χ1v) is 9.10. The van der Waals surface area contributed by atoms with E-state index in [4.69, 9.17) is 0 Å². The standard InChI is InChI=1S/C18H36N2/c1-5-15(4)16-6-8-17(9-7-16)19-18-10-12-20(13-11-18)14(2)3/h14-19H,5-13H2,1-4H3. The van der Waals surface area contributed by atoms with E-state index in [0.29, 0.717) is 0 Å². The van der Waals surface area contributed by atoms with Gasteiger partial charge < -0.3 is 10.2 Å². The van der Waals surface area contributed by atoms with Crippen LogP contribution in [0.4, 0.5) is 0 Å². The van der Waals surface area contributed by atoms with E-state index in [9.17, 15) is 0 Å². The predicted octanol–water partition coefficient (Wildman–Crippen LogP) is 4.05. The Morgan fingerprint density at radius 1 is 0.900 bits per heavy atom. The third kappa shape index (κ3) is 4.46. The van der Waals surface area contributed by atoms with Crippen molar-refractivity contribution in [2.45, 2.75) is 90.8 Å². The minimum absolute atomic E-state index is 0.724. The van der Waals surface area contributed by atoms with E-state index < -0.39 is 0 Å². The van der Waals surface area contributed by atoms with Gasteiger partial charge in [0.25, 0.3) is 0 Å². The largest absolute Gasteiger partial charge is 0.311 e. The van der Waals surface area contributed by atoms with E-state index in [-0.39, 0.29) is 0 Å². The molecule has 1 unspecified atom stereocenters. The van der Waals surface area contributed by atoms with E-state index >= 15 is 0 Å². The highest BCUT2D eigenvalue weighted by Crippen LogP contribution is 2.32. The molecule has 1 aliphatic carbocycles. The fourth-order valence-corrected chi connectivity index (χ4v) is 4.10. The molecule has 2 fully saturated rings. The molecule has 0 amide bonds. The molecule has 0 bridgehead atoms. The molecule has 0 radical (unpaired) electrons. The van der Waals surface area contributed by atoms with Crippen LogP contribution in [0.15, 0.2) is 0 Å². The van der Waals surface area contributed by atoms with E-state index in [2.05, 4.69) is 37.9 Å². The topological polar surface area (TPSA) is 15.3 Å². The fourth-order valence-electron chi connectivity index (χ4n) is 4.10. The van der Waals surface area contributed by atoms with Crippen LogP contribution < -0.4 is 5.32 Å². The second-order valence-corrected chi connectivity index (χ2v) is 7.57. The Bertz CT molecular complexity index is 261. The Balaban J connectivity index is 1.66. The van der Waals surface area contributed by atoms with Gasteiger partial charge in [-0.15, -0.1) is 0 Å². The maximum Gasteiger partial charge on any atom is 0.00940 e. The van der Waals surface area contributed by atoms with Crippen LogP contribution in [-0.4, -0.2) is 36.1 Å². The molecular formula is C18H36N2. The minimum atomic E-state index is 0.724. The van der Waals surface area contributed by atoms with E-state index in [0.717, 1.165) is 30.0 Å². The molecule has 1 atom stereocenters. The van der Waals surface area contributed by atoms with Crippen molar-refractivity contribution in [2.24, 2.45) is 11.8 Å². The molecule has 1 saturated carbocycles. The molecule has 2 rings (SSSR count). The van der Waals surface area contributed by atoms with Gasteiger partial charge in [0, 0.05) is 18.1 Å². The molecule has 1 saturated heterocycles. The first-order valence-electron chi connectivity index (χ1n) is 9.10. The SMILES string of the molecule is CCC(C)C1CCC(NC2CCN(C(C)C)CC2)CC1. The van der Waals surface area contributed by atoms with Crippen molar-refractivity contribution in [3.05, 3.63) is 0 Å². The van der Waals surface area contributed by atoms with Gasteiger partial charge in [0.1, 0.15) is 0 Å². The molecule has 118 valence electrons. The molecule has 1 heterocycles. The Hall–Kier alpha value is -0.0800. The van der Waals surface area contributed by atoms with Crippen LogP contribution in [0.1, 0.15) is 72.6 Å². The number of piperidine rings is 1. The summed E-state index contributed by atoms with van der Waals surface area (Å²) in [5, 5.41) is 3.97. The van der Waals surface area contributed by atoms with Gasteiger partial charge in [0.2, 0.25) is 0 Å². The maximum absolute atomic E-state index is 3.97. The summed E-state index contributed by atoms with van der Waals surface area (Å²) in [4.78, 5) is 2.62. The Kier molecular flexibility index (Phi) is 6.35. The molecule has 0 aromatic heterocycles. The average molecular weight is 280 g/mol. The summed E-state index contributed by atoms with van der Waals surface area (Å²) in [6, 6.07) is 2.32. The second kappa shape index (κ2) is 7.79. The van der Waals surface area contributed by atoms with Crippen molar-refractivity contribution >= 4 is 0 Å². The van der Waals surface area contributed by atoms with E-state index in [1.54, 1.807) is 0 Å². The van der Waals surface area contributed by atoms with Crippen molar-refractivity contribution in [3.63, 3.8) is 0 Å². The van der Waals surface area contributed by atoms with Crippen LogP contribution in [0.5, 0.6) is 0 Å². The van der Waals surface area contributed by atoms with Gasteiger partial charge in [0.15, 0.2) is 0 Å². The lowest BCUT2D eigenvalue weighted by Crippen LogP contribution is -2.48. The third-order valence-corrected chi connectivity index (χ3v) is 5.95. The quantitative estimate of drug-likeness (QED) is 0.817. The van der Waals surface area contributed by atoms with Gasteiger partial charge >= 0.3 is 0 Å². The molecule has 2 heteroatoms. The van der Waals surface area contributed by atoms with Crippen molar-refractivity contribution in [2.75, 3.05) is 13.1 Å². The third-order valence-electron chi connectivity index (χ3n) is 5.95. The molecule has 0 aromatic carbocycles. The monoisotopic (exact) mass is 280 g/mol.